The van der Waals surface area contributed by atoms with E-state index >= 15 is 0 Å². The summed E-state index contributed by atoms with van der Waals surface area (Å²) in [5.74, 6) is -0.477. The molecular formula is C12H17F2N5O2. The van der Waals surface area contributed by atoms with Crippen LogP contribution in [0.15, 0.2) is 9.59 Å². The fourth-order valence-corrected chi connectivity index (χ4v) is 2.13. The molecule has 0 radical (unpaired) electrons. The van der Waals surface area contributed by atoms with Gasteiger partial charge in [0.2, 0.25) is 12.4 Å². The van der Waals surface area contributed by atoms with Crippen molar-refractivity contribution in [1.29, 1.82) is 0 Å². The van der Waals surface area contributed by atoms with Crippen molar-refractivity contribution in [3.8, 4) is 0 Å². The molecule has 21 heavy (non-hydrogen) atoms. The smallest absolute Gasteiger partial charge is 0.329 e. The second-order valence-corrected chi connectivity index (χ2v) is 5.20. The first kappa shape index (κ1) is 15.2. The molecule has 3 N–H and O–H groups in total. The van der Waals surface area contributed by atoms with E-state index in [1.807, 2.05) is 0 Å². The normalized spacial score (nSPS) is 14.6. The molecule has 0 amide bonds. The minimum Gasteiger partial charge on any atom is -0.353 e. The summed E-state index contributed by atoms with van der Waals surface area (Å²) in [4.78, 5) is 32.1. The number of nitrogens with one attached hydrogen (secondary N) is 3. The Morgan fingerprint density at radius 1 is 1.29 bits per heavy atom. The van der Waals surface area contributed by atoms with Gasteiger partial charge in [0.05, 0.1) is 0 Å². The molecule has 0 saturated carbocycles. The lowest BCUT2D eigenvalue weighted by atomic mass is 10.0. The lowest BCUT2D eigenvalue weighted by molar-refractivity contribution is 0.0800. The number of halogens is 2. The zero-order chi connectivity index (χ0) is 15.7. The summed E-state index contributed by atoms with van der Waals surface area (Å²) in [7, 11) is 1.48. The molecule has 0 saturated heterocycles. The molecule has 0 bridgehead atoms. The number of aryl methyl sites for hydroxylation is 1. The Morgan fingerprint density at radius 2 is 1.95 bits per heavy atom. The molecule has 0 spiro atoms. The van der Waals surface area contributed by atoms with Crippen LogP contribution < -0.4 is 16.6 Å². The van der Waals surface area contributed by atoms with Crippen LogP contribution in [0.3, 0.4) is 0 Å². The molecule has 0 aliphatic rings. The summed E-state index contributed by atoms with van der Waals surface area (Å²) < 4.78 is 26.2. The number of anilines is 1. The molecule has 2 unspecified atom stereocenters. The van der Waals surface area contributed by atoms with Gasteiger partial charge in [0.15, 0.2) is 11.2 Å². The lowest BCUT2D eigenvalue weighted by Crippen LogP contribution is -2.28. The van der Waals surface area contributed by atoms with E-state index < -0.39 is 23.6 Å². The fraction of sp³-hybridized carbons (Fsp3) is 0.583. The summed E-state index contributed by atoms with van der Waals surface area (Å²) in [5, 5.41) is 2.92. The van der Waals surface area contributed by atoms with Crippen molar-refractivity contribution < 1.29 is 8.78 Å². The Balaban J connectivity index is 2.24. The maximum Gasteiger partial charge on any atom is 0.329 e. The molecule has 2 heterocycles. The molecule has 2 aromatic heterocycles. The minimum absolute atomic E-state index is 0.161. The number of imidazole rings is 1. The average molecular weight is 301 g/mol. The van der Waals surface area contributed by atoms with Crippen LogP contribution in [-0.2, 0) is 7.05 Å². The Bertz CT molecular complexity index is 748. The number of rotatable bonds is 5. The van der Waals surface area contributed by atoms with E-state index in [2.05, 4.69) is 20.3 Å². The van der Waals surface area contributed by atoms with Gasteiger partial charge in [-0.05, 0) is 13.3 Å². The van der Waals surface area contributed by atoms with Crippen molar-refractivity contribution in [2.75, 3.05) is 5.32 Å². The van der Waals surface area contributed by atoms with E-state index in [9.17, 15) is 18.4 Å². The van der Waals surface area contributed by atoms with Crippen molar-refractivity contribution in [1.82, 2.24) is 19.5 Å². The minimum atomic E-state index is -2.38. The number of hydrogen-bond donors (Lipinski definition) is 3. The van der Waals surface area contributed by atoms with E-state index in [1.165, 1.54) is 18.5 Å². The first-order valence-corrected chi connectivity index (χ1v) is 6.53. The third-order valence-corrected chi connectivity index (χ3v) is 3.29. The number of alkyl halides is 2. The predicted molar refractivity (Wildman–Crippen MR) is 74.8 cm³/mol. The Hall–Kier alpha value is -2.19. The van der Waals surface area contributed by atoms with Crippen LogP contribution in [0.4, 0.5) is 14.7 Å². The maximum absolute atomic E-state index is 12.5. The number of aromatic amines is 2. The average Bonchev–Trinajstić information content (AvgIpc) is 2.80. The molecule has 7 nitrogen and oxygen atoms in total. The summed E-state index contributed by atoms with van der Waals surface area (Å²) >= 11 is 0. The van der Waals surface area contributed by atoms with Crippen molar-refractivity contribution in [3.63, 3.8) is 0 Å². The molecule has 0 aliphatic carbocycles. The van der Waals surface area contributed by atoms with E-state index in [0.717, 1.165) is 0 Å². The fourth-order valence-electron chi connectivity index (χ4n) is 2.13. The predicted octanol–water partition coefficient (Wildman–Crippen LogP) is 1.04. The summed E-state index contributed by atoms with van der Waals surface area (Å²) in [5.41, 5.74) is -0.763. The van der Waals surface area contributed by atoms with Gasteiger partial charge in [-0.2, -0.15) is 4.98 Å². The molecule has 9 heteroatoms. The molecule has 116 valence electrons. The van der Waals surface area contributed by atoms with E-state index in [0.29, 0.717) is 0 Å². The van der Waals surface area contributed by atoms with Crippen LogP contribution in [-0.4, -0.2) is 32.0 Å². The molecule has 2 aromatic rings. The Morgan fingerprint density at radius 3 is 2.57 bits per heavy atom. The highest BCUT2D eigenvalue weighted by Gasteiger charge is 2.19. The molecule has 2 atom stereocenters. The standard InChI is InChI=1S/C12H17F2N5O2/c1-5(8(13)14)4-6(2)15-11-16-7-9(17-11)19(3)12(21)18-10(7)20/h5-6,8H,4H2,1-3H3,(H2,15,16,17)(H,18,20,21). The zero-order valence-corrected chi connectivity index (χ0v) is 11.9. The van der Waals surface area contributed by atoms with Crippen molar-refractivity contribution >= 4 is 17.1 Å². The number of hydrogen-bond acceptors (Lipinski definition) is 4. The summed E-state index contributed by atoms with van der Waals surface area (Å²) in [6, 6.07) is -0.259. The summed E-state index contributed by atoms with van der Waals surface area (Å²) in [6.07, 6.45) is -2.13. The monoisotopic (exact) mass is 301 g/mol. The molecule has 0 aliphatic heterocycles. The maximum atomic E-state index is 12.5. The van der Waals surface area contributed by atoms with Crippen LogP contribution in [0, 0.1) is 5.92 Å². The summed E-state index contributed by atoms with van der Waals surface area (Å²) in [6.45, 7) is 3.21. The van der Waals surface area contributed by atoms with Crippen LogP contribution in [0.25, 0.3) is 11.2 Å². The highest BCUT2D eigenvalue weighted by molar-refractivity contribution is 5.72. The number of fused-ring (bicyclic) bond motifs is 1. The van der Waals surface area contributed by atoms with Crippen LogP contribution in [0.1, 0.15) is 20.3 Å². The quantitative estimate of drug-likeness (QED) is 0.769. The third-order valence-electron chi connectivity index (χ3n) is 3.29. The highest BCUT2D eigenvalue weighted by Crippen LogP contribution is 2.17. The zero-order valence-electron chi connectivity index (χ0n) is 11.9. The van der Waals surface area contributed by atoms with E-state index in [-0.39, 0.29) is 29.6 Å². The van der Waals surface area contributed by atoms with Gasteiger partial charge in [-0.25, -0.2) is 13.6 Å². The highest BCUT2D eigenvalue weighted by atomic mass is 19.3. The molecule has 2 rings (SSSR count). The molecule has 0 aromatic carbocycles. The number of aromatic nitrogens is 4. The van der Waals surface area contributed by atoms with Crippen molar-refractivity contribution in [3.05, 3.63) is 20.8 Å². The van der Waals surface area contributed by atoms with Gasteiger partial charge in [-0.15, -0.1) is 0 Å². The topological polar surface area (TPSA) is 95.6 Å². The molecule has 0 fully saturated rings. The van der Waals surface area contributed by atoms with Crippen molar-refractivity contribution in [2.45, 2.75) is 32.7 Å². The molecular weight excluding hydrogens is 284 g/mol. The van der Waals surface area contributed by atoms with Gasteiger partial charge in [-0.1, -0.05) is 6.92 Å². The first-order chi connectivity index (χ1) is 9.79. The second-order valence-electron chi connectivity index (χ2n) is 5.20. The number of nitrogens with zero attached hydrogens (tertiary/aromatic N) is 2. The van der Waals surface area contributed by atoms with Crippen LogP contribution in [0.5, 0.6) is 0 Å². The van der Waals surface area contributed by atoms with E-state index in [4.69, 9.17) is 0 Å². The Labute approximate surface area is 118 Å². The first-order valence-electron chi connectivity index (χ1n) is 6.53. The van der Waals surface area contributed by atoms with Crippen LogP contribution in [0.2, 0.25) is 0 Å². The van der Waals surface area contributed by atoms with Crippen LogP contribution >= 0.6 is 0 Å². The van der Waals surface area contributed by atoms with Gasteiger partial charge in [-0.3, -0.25) is 14.3 Å². The largest absolute Gasteiger partial charge is 0.353 e. The number of H-pyrrole nitrogens is 2. The van der Waals surface area contributed by atoms with E-state index in [1.54, 1.807) is 6.92 Å². The lowest BCUT2D eigenvalue weighted by Gasteiger charge is -2.17. The second kappa shape index (κ2) is 5.66. The van der Waals surface area contributed by atoms with Crippen molar-refractivity contribution in [2.24, 2.45) is 13.0 Å². The van der Waals surface area contributed by atoms with Gasteiger partial charge < -0.3 is 10.3 Å². The van der Waals surface area contributed by atoms with Gasteiger partial charge in [0, 0.05) is 19.0 Å². The van der Waals surface area contributed by atoms with Gasteiger partial charge >= 0.3 is 5.69 Å². The van der Waals surface area contributed by atoms with Gasteiger partial charge in [0.25, 0.3) is 5.56 Å². The Kier molecular flexibility index (Phi) is 4.10. The third kappa shape index (κ3) is 3.11. The van der Waals surface area contributed by atoms with Gasteiger partial charge in [0.1, 0.15) is 0 Å². The SMILES string of the molecule is CC(CC(C)C(F)F)Nc1nc2c([nH]1)c(=O)[nH]c(=O)n2C.